The van der Waals surface area contributed by atoms with Crippen molar-refractivity contribution in [3.05, 3.63) is 48.2 Å². The molecule has 2 aromatic heterocycles. The van der Waals surface area contributed by atoms with Crippen molar-refractivity contribution in [1.29, 1.82) is 0 Å². The molecule has 0 aliphatic heterocycles. The number of nitrogens with zero attached hydrogens (tertiary/aromatic N) is 1. The first-order valence-corrected chi connectivity index (χ1v) is 6.30. The summed E-state index contributed by atoms with van der Waals surface area (Å²) in [6.07, 6.45) is 3.92. The molecule has 2 N–H and O–H groups in total. The van der Waals surface area contributed by atoms with Crippen molar-refractivity contribution in [3.63, 3.8) is 0 Å². The lowest BCUT2D eigenvalue weighted by Gasteiger charge is -2.06. The lowest BCUT2D eigenvalue weighted by Crippen LogP contribution is -2.26. The first kappa shape index (κ1) is 13.1. The summed E-state index contributed by atoms with van der Waals surface area (Å²) < 4.78 is 5.20. The number of nitrogens with one attached hydrogen (secondary N) is 2. The summed E-state index contributed by atoms with van der Waals surface area (Å²) in [6, 6.07) is 7.30. The molecule has 0 unspecified atom stereocenters. The Morgan fingerprint density at radius 2 is 2.32 bits per heavy atom. The molecule has 0 bridgehead atoms. The molecule has 100 valence electrons. The molecule has 0 saturated heterocycles. The summed E-state index contributed by atoms with van der Waals surface area (Å²) in [6.45, 7) is 3.34. The highest BCUT2D eigenvalue weighted by Gasteiger charge is 2.07. The number of hydrogen-bond acceptors (Lipinski definition) is 4. The lowest BCUT2D eigenvalue weighted by molar-refractivity contribution is 0.0949. The van der Waals surface area contributed by atoms with Gasteiger partial charge in [-0.15, -0.1) is 0 Å². The van der Waals surface area contributed by atoms with Gasteiger partial charge in [0, 0.05) is 31.4 Å². The zero-order chi connectivity index (χ0) is 13.5. The number of furan rings is 1. The molecule has 0 saturated carbocycles. The Balaban J connectivity index is 1.87. The van der Waals surface area contributed by atoms with Gasteiger partial charge in [0.25, 0.3) is 5.91 Å². The number of rotatable bonds is 6. The van der Waals surface area contributed by atoms with E-state index in [1.807, 2.05) is 25.1 Å². The van der Waals surface area contributed by atoms with Crippen LogP contribution in [0.2, 0.25) is 0 Å². The van der Waals surface area contributed by atoms with Gasteiger partial charge in [0.05, 0.1) is 6.26 Å². The van der Waals surface area contributed by atoms with Gasteiger partial charge in [0.2, 0.25) is 0 Å². The minimum absolute atomic E-state index is 0.175. The Bertz CT molecular complexity index is 523. The van der Waals surface area contributed by atoms with E-state index in [0.717, 1.165) is 18.0 Å². The first-order chi connectivity index (χ1) is 9.29. The molecule has 0 aromatic carbocycles. The van der Waals surface area contributed by atoms with Gasteiger partial charge in [0.1, 0.15) is 11.5 Å². The van der Waals surface area contributed by atoms with Gasteiger partial charge in [-0.25, -0.2) is 0 Å². The predicted octanol–water partition coefficient (Wildman–Crippen LogP) is 2.08. The van der Waals surface area contributed by atoms with Gasteiger partial charge in [-0.05, 0) is 31.2 Å². The van der Waals surface area contributed by atoms with Gasteiger partial charge in [0.15, 0.2) is 0 Å². The second kappa shape index (κ2) is 6.58. The fourth-order valence-corrected chi connectivity index (χ4v) is 1.71. The standard InChI is InChI=1S/C14H17N3O2/c1-2-15-11-5-7-16-13(10-11)14(18)17-8-6-12-4-3-9-19-12/h3-5,7,9-10H,2,6,8H2,1H3,(H,15,16)(H,17,18). The highest BCUT2D eigenvalue weighted by Crippen LogP contribution is 2.07. The Kier molecular flexibility index (Phi) is 4.55. The molecule has 0 spiro atoms. The number of pyridine rings is 1. The molecule has 5 heteroatoms. The molecule has 0 fully saturated rings. The van der Waals surface area contributed by atoms with Crippen LogP contribution in [-0.2, 0) is 6.42 Å². The number of carbonyl (C=O) groups excluding carboxylic acids is 1. The highest BCUT2D eigenvalue weighted by atomic mass is 16.3. The molecule has 2 aromatic rings. The van der Waals surface area contributed by atoms with E-state index >= 15 is 0 Å². The third-order valence-electron chi connectivity index (χ3n) is 2.61. The maximum absolute atomic E-state index is 11.9. The zero-order valence-corrected chi connectivity index (χ0v) is 10.8. The van der Waals surface area contributed by atoms with Crippen LogP contribution in [0.5, 0.6) is 0 Å². The van der Waals surface area contributed by atoms with Crippen molar-refractivity contribution in [1.82, 2.24) is 10.3 Å². The summed E-state index contributed by atoms with van der Waals surface area (Å²) in [5, 5.41) is 5.96. The molecule has 2 heterocycles. The maximum Gasteiger partial charge on any atom is 0.269 e. The number of hydrogen-bond donors (Lipinski definition) is 2. The summed E-state index contributed by atoms with van der Waals surface area (Å²) in [5.74, 6) is 0.681. The van der Waals surface area contributed by atoms with Crippen LogP contribution in [0.4, 0.5) is 5.69 Å². The minimum Gasteiger partial charge on any atom is -0.469 e. The first-order valence-electron chi connectivity index (χ1n) is 6.30. The Morgan fingerprint density at radius 1 is 1.42 bits per heavy atom. The van der Waals surface area contributed by atoms with Gasteiger partial charge >= 0.3 is 0 Å². The molecule has 5 nitrogen and oxygen atoms in total. The minimum atomic E-state index is -0.175. The SMILES string of the molecule is CCNc1ccnc(C(=O)NCCc2ccco2)c1. The van der Waals surface area contributed by atoms with Gasteiger partial charge in [-0.1, -0.05) is 0 Å². The van der Waals surface area contributed by atoms with E-state index in [4.69, 9.17) is 4.42 Å². The Morgan fingerprint density at radius 3 is 3.05 bits per heavy atom. The normalized spacial score (nSPS) is 10.2. The predicted molar refractivity (Wildman–Crippen MR) is 73.1 cm³/mol. The third-order valence-corrected chi connectivity index (χ3v) is 2.61. The average molecular weight is 259 g/mol. The average Bonchev–Trinajstić information content (AvgIpc) is 2.92. The van der Waals surface area contributed by atoms with E-state index in [0.29, 0.717) is 18.7 Å². The van der Waals surface area contributed by atoms with E-state index in [9.17, 15) is 4.79 Å². The number of amides is 1. The summed E-state index contributed by atoms with van der Waals surface area (Å²) in [5.41, 5.74) is 1.31. The van der Waals surface area contributed by atoms with Gasteiger partial charge < -0.3 is 15.1 Å². The third kappa shape index (κ3) is 3.84. The van der Waals surface area contributed by atoms with Crippen LogP contribution in [0, 0.1) is 0 Å². The summed E-state index contributed by atoms with van der Waals surface area (Å²) >= 11 is 0. The Labute approximate surface area is 112 Å². The molecule has 2 rings (SSSR count). The number of aromatic nitrogens is 1. The van der Waals surface area contributed by atoms with E-state index < -0.39 is 0 Å². The molecule has 0 aliphatic rings. The quantitative estimate of drug-likeness (QED) is 0.833. The van der Waals surface area contributed by atoms with Crippen molar-refractivity contribution in [2.45, 2.75) is 13.3 Å². The molecule has 0 atom stereocenters. The largest absolute Gasteiger partial charge is 0.469 e. The van der Waals surface area contributed by atoms with E-state index in [2.05, 4.69) is 15.6 Å². The zero-order valence-electron chi connectivity index (χ0n) is 10.8. The van der Waals surface area contributed by atoms with Gasteiger partial charge in [-0.2, -0.15) is 0 Å². The fraction of sp³-hybridized carbons (Fsp3) is 0.286. The van der Waals surface area contributed by atoms with E-state index in [-0.39, 0.29) is 5.91 Å². The number of anilines is 1. The number of carbonyl (C=O) groups is 1. The van der Waals surface area contributed by atoms with Crippen LogP contribution >= 0.6 is 0 Å². The molecule has 0 radical (unpaired) electrons. The van der Waals surface area contributed by atoms with Crippen molar-refractivity contribution in [3.8, 4) is 0 Å². The summed E-state index contributed by atoms with van der Waals surface area (Å²) in [4.78, 5) is 16.0. The maximum atomic E-state index is 11.9. The topological polar surface area (TPSA) is 67.2 Å². The van der Waals surface area contributed by atoms with Crippen molar-refractivity contribution in [2.75, 3.05) is 18.4 Å². The van der Waals surface area contributed by atoms with Crippen molar-refractivity contribution in [2.24, 2.45) is 0 Å². The van der Waals surface area contributed by atoms with Crippen LogP contribution in [-0.4, -0.2) is 24.0 Å². The molecular weight excluding hydrogens is 242 g/mol. The molecule has 0 aliphatic carbocycles. The van der Waals surface area contributed by atoms with Crippen molar-refractivity contribution < 1.29 is 9.21 Å². The van der Waals surface area contributed by atoms with Crippen molar-refractivity contribution >= 4 is 11.6 Å². The summed E-state index contributed by atoms with van der Waals surface area (Å²) in [7, 11) is 0. The van der Waals surface area contributed by atoms with Crippen LogP contribution in [0.15, 0.2) is 41.1 Å². The van der Waals surface area contributed by atoms with Crippen LogP contribution in [0.25, 0.3) is 0 Å². The molecule has 19 heavy (non-hydrogen) atoms. The van der Waals surface area contributed by atoms with Crippen LogP contribution < -0.4 is 10.6 Å². The highest BCUT2D eigenvalue weighted by molar-refractivity contribution is 5.93. The molecular formula is C14H17N3O2. The van der Waals surface area contributed by atoms with E-state index in [1.54, 1.807) is 18.5 Å². The van der Waals surface area contributed by atoms with Crippen LogP contribution in [0.1, 0.15) is 23.2 Å². The van der Waals surface area contributed by atoms with Crippen LogP contribution in [0.3, 0.4) is 0 Å². The second-order valence-electron chi connectivity index (χ2n) is 4.05. The molecule has 1 amide bonds. The Hall–Kier alpha value is -2.30. The van der Waals surface area contributed by atoms with E-state index in [1.165, 1.54) is 0 Å². The smallest absolute Gasteiger partial charge is 0.269 e. The second-order valence-corrected chi connectivity index (χ2v) is 4.05. The fourth-order valence-electron chi connectivity index (χ4n) is 1.71. The lowest BCUT2D eigenvalue weighted by atomic mass is 10.3. The van der Waals surface area contributed by atoms with Gasteiger partial charge in [-0.3, -0.25) is 9.78 Å². The monoisotopic (exact) mass is 259 g/mol.